The molecule has 1 aromatic heterocycles. The van der Waals surface area contributed by atoms with Crippen LogP contribution in [0.2, 0.25) is 0 Å². The van der Waals surface area contributed by atoms with Crippen molar-refractivity contribution in [2.75, 3.05) is 20.3 Å². The summed E-state index contributed by atoms with van der Waals surface area (Å²) in [6.45, 7) is 1.98. The Morgan fingerprint density at radius 3 is 2.88 bits per heavy atom. The van der Waals surface area contributed by atoms with Gasteiger partial charge in [0.1, 0.15) is 11.8 Å². The maximum absolute atomic E-state index is 12.3. The molecule has 2 aliphatic rings. The zero-order valence-corrected chi connectivity index (χ0v) is 14.4. The van der Waals surface area contributed by atoms with Crippen LogP contribution in [0.4, 0.5) is 0 Å². The van der Waals surface area contributed by atoms with Crippen LogP contribution in [-0.2, 0) is 27.4 Å². The van der Waals surface area contributed by atoms with Gasteiger partial charge in [0.25, 0.3) is 0 Å². The number of rotatable bonds is 6. The van der Waals surface area contributed by atoms with Crippen molar-refractivity contribution in [3.05, 3.63) is 11.9 Å². The van der Waals surface area contributed by atoms with Crippen molar-refractivity contribution in [3.8, 4) is 0 Å². The van der Waals surface area contributed by atoms with Crippen LogP contribution in [0.15, 0.2) is 6.20 Å². The van der Waals surface area contributed by atoms with Crippen LogP contribution in [0.5, 0.6) is 0 Å². The molecule has 0 aromatic carbocycles. The number of hydrogen-bond donors (Lipinski definition) is 3. The van der Waals surface area contributed by atoms with Crippen LogP contribution in [0.3, 0.4) is 0 Å². The SMILES string of the molecule is COCc1cn(CC2CC(NC(=O)C3CCOCC3)C(O)C2O)nn1. The molecule has 9 nitrogen and oxygen atoms in total. The van der Waals surface area contributed by atoms with E-state index in [4.69, 9.17) is 9.47 Å². The zero-order chi connectivity index (χ0) is 17.8. The van der Waals surface area contributed by atoms with Crippen LogP contribution in [-0.4, -0.2) is 69.7 Å². The molecule has 25 heavy (non-hydrogen) atoms. The summed E-state index contributed by atoms with van der Waals surface area (Å²) in [4.78, 5) is 12.3. The fourth-order valence-corrected chi connectivity index (χ4v) is 3.59. The van der Waals surface area contributed by atoms with E-state index in [1.807, 2.05) is 0 Å². The fraction of sp³-hybridized carbons (Fsp3) is 0.812. The van der Waals surface area contributed by atoms with E-state index in [9.17, 15) is 15.0 Å². The molecule has 4 atom stereocenters. The highest BCUT2D eigenvalue weighted by Gasteiger charge is 2.43. The molecular weight excluding hydrogens is 328 g/mol. The van der Waals surface area contributed by atoms with Gasteiger partial charge in [-0.05, 0) is 19.3 Å². The molecule has 2 heterocycles. The quantitative estimate of drug-likeness (QED) is 0.604. The number of carbonyl (C=O) groups is 1. The second kappa shape index (κ2) is 8.22. The van der Waals surface area contributed by atoms with E-state index in [2.05, 4.69) is 15.6 Å². The topological polar surface area (TPSA) is 119 Å². The molecule has 140 valence electrons. The van der Waals surface area contributed by atoms with Crippen LogP contribution in [0.1, 0.15) is 25.0 Å². The van der Waals surface area contributed by atoms with E-state index >= 15 is 0 Å². The van der Waals surface area contributed by atoms with Crippen molar-refractivity contribution >= 4 is 5.91 Å². The molecule has 3 rings (SSSR count). The van der Waals surface area contributed by atoms with Crippen molar-refractivity contribution in [2.24, 2.45) is 11.8 Å². The average Bonchev–Trinajstić information content (AvgIpc) is 3.16. The normalized spacial score (nSPS) is 30.5. The first-order valence-corrected chi connectivity index (χ1v) is 8.70. The third-order valence-corrected chi connectivity index (χ3v) is 5.02. The molecule has 1 aromatic rings. The van der Waals surface area contributed by atoms with E-state index in [-0.39, 0.29) is 17.7 Å². The van der Waals surface area contributed by atoms with E-state index in [1.165, 1.54) is 0 Å². The Hall–Kier alpha value is -1.55. The van der Waals surface area contributed by atoms with Gasteiger partial charge in [0.05, 0.1) is 24.9 Å². The monoisotopic (exact) mass is 354 g/mol. The Labute approximate surface area is 146 Å². The summed E-state index contributed by atoms with van der Waals surface area (Å²) in [5.74, 6) is -0.348. The highest BCUT2D eigenvalue weighted by molar-refractivity contribution is 5.79. The minimum absolute atomic E-state index is 0.0664. The lowest BCUT2D eigenvalue weighted by Gasteiger charge is -2.24. The number of aliphatic hydroxyl groups excluding tert-OH is 2. The summed E-state index contributed by atoms with van der Waals surface area (Å²) in [6.07, 6.45) is 1.77. The van der Waals surface area contributed by atoms with Crippen molar-refractivity contribution in [3.63, 3.8) is 0 Å². The van der Waals surface area contributed by atoms with Gasteiger partial charge in [-0.2, -0.15) is 0 Å². The van der Waals surface area contributed by atoms with Crippen molar-refractivity contribution in [1.29, 1.82) is 0 Å². The average molecular weight is 354 g/mol. The predicted molar refractivity (Wildman–Crippen MR) is 86.3 cm³/mol. The van der Waals surface area contributed by atoms with Crippen LogP contribution < -0.4 is 5.32 Å². The Balaban J connectivity index is 1.55. The van der Waals surface area contributed by atoms with Crippen molar-refractivity contribution in [1.82, 2.24) is 20.3 Å². The minimum Gasteiger partial charge on any atom is -0.390 e. The summed E-state index contributed by atoms with van der Waals surface area (Å²) in [5.41, 5.74) is 0.708. The molecule has 0 bridgehead atoms. The molecule has 0 radical (unpaired) electrons. The molecule has 9 heteroatoms. The van der Waals surface area contributed by atoms with E-state index < -0.39 is 18.2 Å². The van der Waals surface area contributed by atoms with Gasteiger partial charge in [0.2, 0.25) is 5.91 Å². The number of hydrogen-bond acceptors (Lipinski definition) is 7. The van der Waals surface area contributed by atoms with E-state index in [0.29, 0.717) is 51.3 Å². The lowest BCUT2D eigenvalue weighted by Crippen LogP contribution is -2.46. The number of methoxy groups -OCH3 is 1. The Morgan fingerprint density at radius 2 is 2.16 bits per heavy atom. The smallest absolute Gasteiger partial charge is 0.223 e. The van der Waals surface area contributed by atoms with Crippen molar-refractivity contribution < 1.29 is 24.5 Å². The number of nitrogens with one attached hydrogen (secondary N) is 1. The largest absolute Gasteiger partial charge is 0.390 e. The first-order chi connectivity index (χ1) is 12.1. The van der Waals surface area contributed by atoms with Gasteiger partial charge in [-0.1, -0.05) is 5.21 Å². The summed E-state index contributed by atoms with van der Waals surface area (Å²) in [5, 5.41) is 31.5. The highest BCUT2D eigenvalue weighted by atomic mass is 16.5. The Kier molecular flexibility index (Phi) is 6.00. The molecule has 0 spiro atoms. The maximum Gasteiger partial charge on any atom is 0.223 e. The van der Waals surface area contributed by atoms with Crippen molar-refractivity contribution in [2.45, 2.75) is 50.7 Å². The number of amides is 1. The summed E-state index contributed by atoms with van der Waals surface area (Å²) in [6, 6.07) is -0.447. The third kappa shape index (κ3) is 4.35. The van der Waals surface area contributed by atoms with Gasteiger partial charge in [-0.25, -0.2) is 0 Å². The molecule has 2 fully saturated rings. The number of aliphatic hydroxyl groups is 2. The number of aromatic nitrogens is 3. The predicted octanol–water partition coefficient (Wildman–Crippen LogP) is -0.922. The molecular formula is C16H26N4O5. The van der Waals surface area contributed by atoms with Gasteiger partial charge in [0.15, 0.2) is 0 Å². The second-order valence-electron chi connectivity index (χ2n) is 6.84. The summed E-state index contributed by atoms with van der Waals surface area (Å²) >= 11 is 0. The number of nitrogens with zero attached hydrogens (tertiary/aromatic N) is 3. The van der Waals surface area contributed by atoms with Gasteiger partial charge < -0.3 is 25.0 Å². The summed E-state index contributed by atoms with van der Waals surface area (Å²) < 4.78 is 11.9. The van der Waals surface area contributed by atoms with E-state index in [0.717, 1.165) is 0 Å². The zero-order valence-electron chi connectivity index (χ0n) is 14.4. The summed E-state index contributed by atoms with van der Waals surface area (Å²) in [7, 11) is 1.59. The molecule has 4 unspecified atom stereocenters. The Morgan fingerprint density at radius 1 is 1.40 bits per heavy atom. The van der Waals surface area contributed by atoms with Crippen LogP contribution in [0.25, 0.3) is 0 Å². The lowest BCUT2D eigenvalue weighted by molar-refractivity contribution is -0.129. The Bertz CT molecular complexity index is 575. The fourth-order valence-electron chi connectivity index (χ4n) is 3.59. The highest BCUT2D eigenvalue weighted by Crippen LogP contribution is 2.29. The lowest BCUT2D eigenvalue weighted by atomic mass is 9.98. The van der Waals surface area contributed by atoms with Crippen LogP contribution in [0, 0.1) is 11.8 Å². The molecule has 1 aliphatic heterocycles. The molecule has 1 saturated heterocycles. The van der Waals surface area contributed by atoms with Gasteiger partial charge in [-0.3, -0.25) is 9.48 Å². The second-order valence-corrected chi connectivity index (χ2v) is 6.84. The van der Waals surface area contributed by atoms with Crippen LogP contribution >= 0.6 is 0 Å². The van der Waals surface area contributed by atoms with Gasteiger partial charge in [0, 0.05) is 38.7 Å². The maximum atomic E-state index is 12.3. The number of ether oxygens (including phenoxy) is 2. The molecule has 3 N–H and O–H groups in total. The minimum atomic E-state index is -0.976. The first kappa shape index (κ1) is 18.2. The standard InChI is InChI=1S/C16H26N4O5/c1-24-9-12-8-20(19-18-12)7-11-6-13(15(22)14(11)21)17-16(23)10-2-4-25-5-3-10/h8,10-11,13-15,21-22H,2-7,9H2,1H3,(H,17,23). The molecule has 1 aliphatic carbocycles. The molecule has 1 amide bonds. The molecule has 1 saturated carbocycles. The van der Waals surface area contributed by atoms with Gasteiger partial charge in [-0.15, -0.1) is 5.10 Å². The van der Waals surface area contributed by atoms with E-state index in [1.54, 1.807) is 18.0 Å². The first-order valence-electron chi connectivity index (χ1n) is 8.70. The third-order valence-electron chi connectivity index (χ3n) is 5.02. The number of carbonyl (C=O) groups excluding carboxylic acids is 1. The van der Waals surface area contributed by atoms with Gasteiger partial charge >= 0.3 is 0 Å².